The van der Waals surface area contributed by atoms with Gasteiger partial charge in [0, 0.05) is 13.2 Å². The van der Waals surface area contributed by atoms with Crippen molar-refractivity contribution in [2.75, 3.05) is 13.2 Å². The van der Waals surface area contributed by atoms with Crippen molar-refractivity contribution < 1.29 is 9.84 Å². The predicted octanol–water partition coefficient (Wildman–Crippen LogP) is 3.03. The van der Waals surface area contributed by atoms with Crippen molar-refractivity contribution in [3.8, 4) is 0 Å². The first kappa shape index (κ1) is 12.2. The Morgan fingerprint density at radius 1 is 1.06 bits per heavy atom. The summed E-state index contributed by atoms with van der Waals surface area (Å²) in [6, 6.07) is 6.60. The Kier molecular flexibility index (Phi) is 3.67. The van der Waals surface area contributed by atoms with Gasteiger partial charge in [-0.1, -0.05) is 18.2 Å². The zero-order valence-corrected chi connectivity index (χ0v) is 10.9. The zero-order valence-electron chi connectivity index (χ0n) is 10.9. The van der Waals surface area contributed by atoms with Crippen LogP contribution in [0.15, 0.2) is 18.2 Å². The molecule has 1 fully saturated rings. The molecule has 2 aliphatic rings. The highest BCUT2D eigenvalue weighted by Gasteiger charge is 2.24. The summed E-state index contributed by atoms with van der Waals surface area (Å²) in [5.41, 5.74) is 4.07. The first-order valence-electron chi connectivity index (χ1n) is 7.22. The van der Waals surface area contributed by atoms with Crippen LogP contribution in [0, 0.1) is 5.92 Å². The molecule has 1 atom stereocenters. The van der Waals surface area contributed by atoms with E-state index < -0.39 is 0 Å². The maximum absolute atomic E-state index is 10.5. The molecule has 2 nitrogen and oxygen atoms in total. The van der Waals surface area contributed by atoms with E-state index in [2.05, 4.69) is 18.2 Å². The summed E-state index contributed by atoms with van der Waals surface area (Å²) in [4.78, 5) is 0. The van der Waals surface area contributed by atoms with Crippen LogP contribution in [0.25, 0.3) is 0 Å². The number of aryl methyl sites for hydroxylation is 2. The van der Waals surface area contributed by atoms with Gasteiger partial charge in [-0.15, -0.1) is 0 Å². The molecule has 1 aliphatic carbocycles. The Hall–Kier alpha value is -0.860. The van der Waals surface area contributed by atoms with E-state index >= 15 is 0 Å². The fraction of sp³-hybridized carbons (Fsp3) is 0.625. The number of aliphatic hydroxyl groups excluding tert-OH is 1. The summed E-state index contributed by atoms with van der Waals surface area (Å²) < 4.78 is 5.37. The number of benzene rings is 1. The maximum atomic E-state index is 10.5. The van der Waals surface area contributed by atoms with Gasteiger partial charge in [-0.2, -0.15) is 0 Å². The number of aliphatic hydroxyl groups is 1. The van der Waals surface area contributed by atoms with Crippen molar-refractivity contribution in [2.24, 2.45) is 5.92 Å². The summed E-state index contributed by atoms with van der Waals surface area (Å²) in [5, 5.41) is 10.5. The molecule has 18 heavy (non-hydrogen) atoms. The van der Waals surface area contributed by atoms with Crippen LogP contribution in [-0.2, 0) is 17.6 Å². The topological polar surface area (TPSA) is 29.5 Å². The van der Waals surface area contributed by atoms with Gasteiger partial charge in [0.1, 0.15) is 0 Å². The third-order valence-corrected chi connectivity index (χ3v) is 4.43. The Morgan fingerprint density at radius 2 is 1.78 bits per heavy atom. The van der Waals surface area contributed by atoms with E-state index in [-0.39, 0.29) is 6.10 Å². The Labute approximate surface area is 109 Å². The lowest BCUT2D eigenvalue weighted by atomic mass is 9.85. The molecule has 1 aromatic rings. The van der Waals surface area contributed by atoms with Crippen molar-refractivity contribution in [3.05, 3.63) is 34.9 Å². The summed E-state index contributed by atoms with van der Waals surface area (Å²) in [6.07, 6.45) is 6.67. The van der Waals surface area contributed by atoms with Crippen molar-refractivity contribution in [1.82, 2.24) is 0 Å². The van der Waals surface area contributed by atoms with Gasteiger partial charge in [-0.05, 0) is 61.1 Å². The Bertz CT molecular complexity index is 408. The van der Waals surface area contributed by atoms with Crippen LogP contribution in [0.3, 0.4) is 0 Å². The van der Waals surface area contributed by atoms with E-state index in [1.807, 2.05) is 0 Å². The first-order valence-corrected chi connectivity index (χ1v) is 7.22. The lowest BCUT2D eigenvalue weighted by Crippen LogP contribution is -2.22. The van der Waals surface area contributed by atoms with Gasteiger partial charge in [0.25, 0.3) is 0 Å². The molecule has 3 rings (SSSR count). The third kappa shape index (κ3) is 2.45. The minimum absolute atomic E-state index is 0.305. The molecule has 1 saturated heterocycles. The molecule has 0 amide bonds. The second kappa shape index (κ2) is 5.41. The van der Waals surface area contributed by atoms with Crippen LogP contribution >= 0.6 is 0 Å². The Balaban J connectivity index is 1.78. The molecule has 1 N–H and O–H groups in total. The first-order chi connectivity index (χ1) is 8.84. The summed E-state index contributed by atoms with van der Waals surface area (Å²) in [6.45, 7) is 1.60. The molecule has 1 heterocycles. The van der Waals surface area contributed by atoms with E-state index in [1.54, 1.807) is 0 Å². The van der Waals surface area contributed by atoms with E-state index in [1.165, 1.54) is 36.8 Å². The average Bonchev–Trinajstić information content (AvgIpc) is 2.47. The van der Waals surface area contributed by atoms with Crippen LogP contribution < -0.4 is 0 Å². The van der Waals surface area contributed by atoms with Crippen LogP contribution in [0.5, 0.6) is 0 Å². The van der Waals surface area contributed by atoms with Crippen molar-refractivity contribution >= 4 is 0 Å². The summed E-state index contributed by atoms with van der Waals surface area (Å²) >= 11 is 0. The second-order valence-electron chi connectivity index (χ2n) is 5.63. The molecule has 0 bridgehead atoms. The highest BCUT2D eigenvalue weighted by molar-refractivity contribution is 5.35. The zero-order chi connectivity index (χ0) is 12.4. The van der Waals surface area contributed by atoms with E-state index in [0.717, 1.165) is 31.6 Å². The largest absolute Gasteiger partial charge is 0.388 e. The number of hydrogen-bond acceptors (Lipinski definition) is 2. The lowest BCUT2D eigenvalue weighted by Gasteiger charge is -2.28. The highest BCUT2D eigenvalue weighted by atomic mass is 16.5. The van der Waals surface area contributed by atoms with E-state index in [9.17, 15) is 5.11 Å². The van der Waals surface area contributed by atoms with Gasteiger partial charge in [0.05, 0.1) is 6.10 Å². The van der Waals surface area contributed by atoms with Gasteiger partial charge in [-0.25, -0.2) is 0 Å². The normalized spacial score (nSPS) is 22.5. The van der Waals surface area contributed by atoms with E-state index in [4.69, 9.17) is 4.74 Å². The van der Waals surface area contributed by atoms with Gasteiger partial charge in [0.2, 0.25) is 0 Å². The monoisotopic (exact) mass is 246 g/mol. The molecule has 98 valence electrons. The number of fused-ring (bicyclic) bond motifs is 1. The smallest absolute Gasteiger partial charge is 0.0820 e. The SMILES string of the molecule is OC(c1ccc2c(c1)CCCC2)C1CCOCC1. The van der Waals surface area contributed by atoms with Crippen molar-refractivity contribution in [2.45, 2.75) is 44.6 Å². The quantitative estimate of drug-likeness (QED) is 0.869. The maximum Gasteiger partial charge on any atom is 0.0820 e. The van der Waals surface area contributed by atoms with Gasteiger partial charge in [0.15, 0.2) is 0 Å². The molecule has 0 radical (unpaired) electrons. The second-order valence-corrected chi connectivity index (χ2v) is 5.63. The molecule has 0 spiro atoms. The van der Waals surface area contributed by atoms with Crippen LogP contribution in [-0.4, -0.2) is 18.3 Å². The minimum atomic E-state index is -0.305. The predicted molar refractivity (Wildman–Crippen MR) is 71.6 cm³/mol. The molecule has 1 unspecified atom stereocenters. The van der Waals surface area contributed by atoms with Gasteiger partial charge < -0.3 is 9.84 Å². The fourth-order valence-corrected chi connectivity index (χ4v) is 3.24. The highest BCUT2D eigenvalue weighted by Crippen LogP contribution is 2.32. The standard InChI is InChI=1S/C16H22O2/c17-16(13-7-9-18-10-8-13)15-6-5-12-3-1-2-4-14(12)11-15/h5-6,11,13,16-17H,1-4,7-10H2. The average molecular weight is 246 g/mol. The van der Waals surface area contributed by atoms with Crippen LogP contribution in [0.1, 0.15) is 48.5 Å². The van der Waals surface area contributed by atoms with Gasteiger partial charge >= 0.3 is 0 Å². The molecule has 1 aromatic carbocycles. The van der Waals surface area contributed by atoms with Crippen LogP contribution in [0.4, 0.5) is 0 Å². The van der Waals surface area contributed by atoms with Crippen molar-refractivity contribution in [1.29, 1.82) is 0 Å². The summed E-state index contributed by atoms with van der Waals surface area (Å²) in [7, 11) is 0. The van der Waals surface area contributed by atoms with Gasteiger partial charge in [-0.3, -0.25) is 0 Å². The van der Waals surface area contributed by atoms with E-state index in [0.29, 0.717) is 5.92 Å². The summed E-state index contributed by atoms with van der Waals surface area (Å²) in [5.74, 6) is 0.375. The fourth-order valence-electron chi connectivity index (χ4n) is 3.24. The molecular formula is C16H22O2. The number of rotatable bonds is 2. The molecule has 0 aromatic heterocycles. The molecule has 2 heteroatoms. The number of hydrogen-bond donors (Lipinski definition) is 1. The molecular weight excluding hydrogens is 224 g/mol. The Morgan fingerprint density at radius 3 is 2.56 bits per heavy atom. The lowest BCUT2D eigenvalue weighted by molar-refractivity contribution is 0.00715. The third-order valence-electron chi connectivity index (χ3n) is 4.43. The van der Waals surface area contributed by atoms with Crippen molar-refractivity contribution in [3.63, 3.8) is 0 Å². The minimum Gasteiger partial charge on any atom is -0.388 e. The molecule has 0 saturated carbocycles. The number of ether oxygens (including phenoxy) is 1. The van der Waals surface area contributed by atoms with Crippen LogP contribution in [0.2, 0.25) is 0 Å². The molecule has 1 aliphatic heterocycles.